The number of piperazine rings is 1. The fourth-order valence-electron chi connectivity index (χ4n) is 9.54. The van der Waals surface area contributed by atoms with Crippen molar-refractivity contribution in [2.24, 2.45) is 17.8 Å². The Morgan fingerprint density at radius 1 is 1.09 bits per heavy atom. The van der Waals surface area contributed by atoms with E-state index >= 15 is 0 Å². The van der Waals surface area contributed by atoms with Crippen molar-refractivity contribution in [3.63, 3.8) is 0 Å². The van der Waals surface area contributed by atoms with E-state index in [1.807, 2.05) is 30.0 Å². The molecule has 2 aromatic carbocycles. The second-order valence-corrected chi connectivity index (χ2v) is 19.1. The molecule has 2 bridgehead atoms. The monoisotopic (exact) mass is 781 g/mol. The molecule has 3 amide bonds. The summed E-state index contributed by atoms with van der Waals surface area (Å²) in [7, 11) is 1.39. The van der Waals surface area contributed by atoms with E-state index in [0.29, 0.717) is 45.0 Å². The smallest absolute Gasteiger partial charge is 0.319 e. The van der Waals surface area contributed by atoms with Gasteiger partial charge in [0.15, 0.2) is 0 Å². The Labute approximate surface area is 326 Å². The SMILES string of the molecule is CO[C@@]1(CN2CCN(C(=O)N(C)C)CC2)/C=C\C[C@H](C)[C@@H](C)S(=O)(=O)NC(=O)c2ccc3c(c2)N(C[C@@H]2CC[C@H]21)C[C@@]1(CCCc2cc(Cl)ccc21)CO3. The molecule has 2 fully saturated rings. The zero-order valence-electron chi connectivity index (χ0n) is 32.4. The van der Waals surface area contributed by atoms with Crippen LogP contribution in [0.1, 0.15) is 67.4 Å². The fraction of sp³-hybridized carbons (Fsp3) is 0.610. The highest BCUT2D eigenvalue weighted by Crippen LogP contribution is 2.49. The number of amides is 3. The van der Waals surface area contributed by atoms with Crippen LogP contribution in [0.15, 0.2) is 48.6 Å². The molecule has 54 heavy (non-hydrogen) atoms. The zero-order valence-corrected chi connectivity index (χ0v) is 33.9. The van der Waals surface area contributed by atoms with Gasteiger partial charge in [-0.1, -0.05) is 36.7 Å². The summed E-state index contributed by atoms with van der Waals surface area (Å²) in [6.45, 7) is 8.93. The molecule has 2 aliphatic carbocycles. The Bertz CT molecular complexity index is 1880. The molecule has 1 saturated carbocycles. The number of hydrogen-bond donors (Lipinski definition) is 1. The van der Waals surface area contributed by atoms with Crippen molar-refractivity contribution in [2.75, 3.05) is 78.5 Å². The lowest BCUT2D eigenvalue weighted by atomic mass is 9.63. The molecule has 1 spiro atoms. The van der Waals surface area contributed by atoms with Crippen LogP contribution >= 0.6 is 11.6 Å². The molecule has 1 saturated heterocycles. The van der Waals surface area contributed by atoms with E-state index in [4.69, 9.17) is 21.1 Å². The summed E-state index contributed by atoms with van der Waals surface area (Å²) in [6, 6.07) is 11.6. The van der Waals surface area contributed by atoms with Crippen LogP contribution in [0.25, 0.3) is 0 Å². The molecule has 2 aromatic rings. The number of anilines is 1. The van der Waals surface area contributed by atoms with Gasteiger partial charge in [-0.25, -0.2) is 17.9 Å². The molecule has 0 radical (unpaired) electrons. The van der Waals surface area contributed by atoms with Crippen molar-refractivity contribution < 1.29 is 27.5 Å². The number of ether oxygens (including phenoxy) is 2. The first-order valence-corrected chi connectivity index (χ1v) is 21.4. The molecule has 294 valence electrons. The number of nitrogens with one attached hydrogen (secondary N) is 1. The average Bonchev–Trinajstić information content (AvgIpc) is 3.28. The minimum absolute atomic E-state index is 0.0281. The van der Waals surface area contributed by atoms with Crippen LogP contribution in [-0.4, -0.2) is 120 Å². The number of fused-ring (bicyclic) bond motifs is 4. The summed E-state index contributed by atoms with van der Waals surface area (Å²) in [5.41, 5.74) is 2.68. The number of methoxy groups -OCH3 is 1. The molecule has 6 atom stereocenters. The first-order valence-electron chi connectivity index (χ1n) is 19.5. The number of benzene rings is 2. The first-order chi connectivity index (χ1) is 25.7. The lowest BCUT2D eigenvalue weighted by Crippen LogP contribution is -2.59. The number of carbonyl (C=O) groups is 2. The summed E-state index contributed by atoms with van der Waals surface area (Å²) in [4.78, 5) is 34.7. The van der Waals surface area contributed by atoms with Crippen LogP contribution in [0, 0.1) is 17.8 Å². The van der Waals surface area contributed by atoms with Gasteiger partial charge >= 0.3 is 6.03 Å². The number of carbonyl (C=O) groups excluding carboxylic acids is 2. The number of rotatable bonds is 3. The normalized spacial score (nSPS) is 31.9. The van der Waals surface area contributed by atoms with Gasteiger partial charge in [-0.05, 0) is 105 Å². The standard InChI is InChI=1S/C41H56ClN5O6S/c1-28-8-6-17-41(52-5,26-45-18-20-46(21-19-45)39(49)44(3)4)35-13-10-32(35)24-47-25-40(16-7-9-30-22-33(42)12-14-34(30)40)27-53-37-15-11-31(23-36(37)47)38(48)43-54(50,51)29(28)2/h6,11-12,14-15,17,22-23,28-29,32,35H,7-10,13,16,18-21,24-27H2,1-5H3,(H,43,48)/b17-6-/t28-,29+,32-,35+,40-,41+/m0/s1. The van der Waals surface area contributed by atoms with Gasteiger partial charge in [-0.2, -0.15) is 0 Å². The molecule has 0 aromatic heterocycles. The molecule has 0 unspecified atom stereocenters. The molecular weight excluding hydrogens is 726 g/mol. The highest BCUT2D eigenvalue weighted by atomic mass is 35.5. The summed E-state index contributed by atoms with van der Waals surface area (Å²) < 4.78 is 42.9. The van der Waals surface area contributed by atoms with Gasteiger partial charge in [0.2, 0.25) is 10.0 Å². The third kappa shape index (κ3) is 7.47. The van der Waals surface area contributed by atoms with E-state index in [-0.39, 0.29) is 34.8 Å². The number of hydrogen-bond acceptors (Lipinski definition) is 8. The molecule has 7 rings (SSSR count). The van der Waals surface area contributed by atoms with E-state index < -0.39 is 26.8 Å². The lowest BCUT2D eigenvalue weighted by Gasteiger charge is -2.52. The predicted octanol–water partition coefficient (Wildman–Crippen LogP) is 5.57. The van der Waals surface area contributed by atoms with Crippen molar-refractivity contribution in [3.8, 4) is 5.75 Å². The Hall–Kier alpha value is -3.32. The van der Waals surface area contributed by atoms with Gasteiger partial charge in [0, 0.05) is 83.0 Å². The van der Waals surface area contributed by atoms with Gasteiger partial charge in [0.25, 0.3) is 5.91 Å². The van der Waals surface area contributed by atoms with E-state index in [1.54, 1.807) is 39.1 Å². The average molecular weight is 782 g/mol. The van der Waals surface area contributed by atoms with Crippen LogP contribution in [0.3, 0.4) is 0 Å². The van der Waals surface area contributed by atoms with Crippen molar-refractivity contribution in [2.45, 2.75) is 68.6 Å². The number of aryl methyl sites for hydroxylation is 1. The highest BCUT2D eigenvalue weighted by Gasteiger charge is 2.50. The van der Waals surface area contributed by atoms with Gasteiger partial charge in [-0.3, -0.25) is 9.69 Å². The summed E-state index contributed by atoms with van der Waals surface area (Å²) in [6.07, 6.45) is 9.76. The molecule has 11 nitrogen and oxygen atoms in total. The topological polar surface area (TPSA) is 112 Å². The second kappa shape index (κ2) is 15.3. The van der Waals surface area contributed by atoms with Crippen molar-refractivity contribution >= 4 is 39.2 Å². The van der Waals surface area contributed by atoms with Crippen molar-refractivity contribution in [1.29, 1.82) is 0 Å². The van der Waals surface area contributed by atoms with E-state index in [0.717, 1.165) is 62.4 Å². The maximum Gasteiger partial charge on any atom is 0.319 e. The molecule has 5 aliphatic rings. The van der Waals surface area contributed by atoms with Crippen LogP contribution in [-0.2, 0) is 26.6 Å². The Morgan fingerprint density at radius 3 is 2.57 bits per heavy atom. The van der Waals surface area contributed by atoms with Gasteiger partial charge in [-0.15, -0.1) is 0 Å². The maximum absolute atomic E-state index is 13.6. The summed E-state index contributed by atoms with van der Waals surface area (Å²) >= 11 is 6.50. The third-order valence-corrected chi connectivity index (χ3v) is 15.3. The fourth-order valence-corrected chi connectivity index (χ4v) is 11.0. The van der Waals surface area contributed by atoms with Gasteiger partial charge in [0.05, 0.1) is 17.5 Å². The zero-order chi connectivity index (χ0) is 38.4. The Morgan fingerprint density at radius 2 is 1.87 bits per heavy atom. The summed E-state index contributed by atoms with van der Waals surface area (Å²) in [5, 5.41) is -0.0787. The number of allylic oxidation sites excluding steroid dienone is 1. The molecule has 3 heterocycles. The summed E-state index contributed by atoms with van der Waals surface area (Å²) in [5.74, 6) is 0.270. The van der Waals surface area contributed by atoms with Gasteiger partial charge < -0.3 is 24.2 Å². The number of sulfonamides is 1. The van der Waals surface area contributed by atoms with E-state index in [9.17, 15) is 18.0 Å². The third-order valence-electron chi connectivity index (χ3n) is 13.1. The lowest BCUT2D eigenvalue weighted by molar-refractivity contribution is -0.0946. The van der Waals surface area contributed by atoms with Crippen LogP contribution in [0.4, 0.5) is 10.5 Å². The molecule has 1 N–H and O–H groups in total. The minimum Gasteiger partial charge on any atom is -0.490 e. The Balaban J connectivity index is 1.27. The van der Waals surface area contributed by atoms with E-state index in [2.05, 4.69) is 38.8 Å². The quantitative estimate of drug-likeness (QED) is 0.403. The van der Waals surface area contributed by atoms with Crippen LogP contribution in [0.5, 0.6) is 5.75 Å². The van der Waals surface area contributed by atoms with Crippen molar-refractivity contribution in [1.82, 2.24) is 19.4 Å². The molecular formula is C41H56ClN5O6S. The Kier molecular flexibility index (Phi) is 11.0. The van der Waals surface area contributed by atoms with Crippen LogP contribution in [0.2, 0.25) is 5.02 Å². The first kappa shape index (κ1) is 38.9. The van der Waals surface area contributed by atoms with Crippen LogP contribution < -0.4 is 14.4 Å². The van der Waals surface area contributed by atoms with Crippen molar-refractivity contribution in [3.05, 3.63) is 70.3 Å². The largest absolute Gasteiger partial charge is 0.490 e. The van der Waals surface area contributed by atoms with E-state index in [1.165, 1.54) is 11.1 Å². The minimum atomic E-state index is -3.98. The highest BCUT2D eigenvalue weighted by molar-refractivity contribution is 7.90. The molecule has 3 aliphatic heterocycles. The number of nitrogens with zero attached hydrogens (tertiary/aromatic N) is 4. The number of urea groups is 1. The molecule has 13 heteroatoms. The van der Waals surface area contributed by atoms with Gasteiger partial charge in [0.1, 0.15) is 11.4 Å². The maximum atomic E-state index is 13.6. The predicted molar refractivity (Wildman–Crippen MR) is 212 cm³/mol. The number of halogens is 1. The second-order valence-electron chi connectivity index (χ2n) is 16.6.